The van der Waals surface area contributed by atoms with Gasteiger partial charge in [-0.05, 0) is 73.6 Å². The highest BCUT2D eigenvalue weighted by Gasteiger charge is 2.33. The van der Waals surface area contributed by atoms with Gasteiger partial charge in [0.1, 0.15) is 12.1 Å². The van der Waals surface area contributed by atoms with Gasteiger partial charge in [0.25, 0.3) is 0 Å². The van der Waals surface area contributed by atoms with E-state index in [0.717, 1.165) is 33.5 Å². The molecule has 0 saturated carbocycles. The number of carbonyl (C=O) groups excluding carboxylic acids is 2. The third kappa shape index (κ3) is 7.94. The molecule has 3 amide bonds. The highest BCUT2D eigenvalue weighted by Crippen LogP contribution is 2.33. The number of amides is 3. The summed E-state index contributed by atoms with van der Waals surface area (Å²) < 4.78 is 42.7. The van der Waals surface area contributed by atoms with Gasteiger partial charge >= 0.3 is 12.4 Å². The molecule has 0 atom stereocenters. The summed E-state index contributed by atoms with van der Waals surface area (Å²) in [5.41, 5.74) is 5.82. The smallest absolute Gasteiger partial charge is 0.406 e. The number of hydrogen-bond acceptors (Lipinski definition) is 6. The van der Waals surface area contributed by atoms with Crippen LogP contribution in [0.5, 0.6) is 5.75 Å². The molecule has 0 aliphatic carbocycles. The number of carbonyl (C=O) groups is 2. The summed E-state index contributed by atoms with van der Waals surface area (Å²) in [6.45, 7) is 10.4. The Morgan fingerprint density at radius 1 is 1.02 bits per heavy atom. The number of nitrogens with one attached hydrogen (secondary N) is 1. The molecule has 0 unspecified atom stereocenters. The zero-order chi connectivity index (χ0) is 33.2. The SMILES string of the molecule is Cc1cc(C)c(N2C(=O)CSC2=NC(=O)NCC(C)(C)Cc2ccc(-c3ncn(-c4ccc(OC(F)(F)F)cc4)n3)cc2)c(C)c1. The molecular formula is C33H33F3N6O3S. The fourth-order valence-electron chi connectivity index (χ4n) is 5.34. The summed E-state index contributed by atoms with van der Waals surface area (Å²) in [6.07, 6.45) is -2.60. The molecule has 1 aliphatic rings. The van der Waals surface area contributed by atoms with Crippen LogP contribution in [-0.2, 0) is 11.2 Å². The van der Waals surface area contributed by atoms with Crippen LogP contribution in [0.3, 0.4) is 0 Å². The van der Waals surface area contributed by atoms with Gasteiger partial charge in [0.2, 0.25) is 5.91 Å². The maximum absolute atomic E-state index is 12.9. The Kier molecular flexibility index (Phi) is 9.24. The van der Waals surface area contributed by atoms with Gasteiger partial charge in [-0.25, -0.2) is 14.5 Å². The van der Waals surface area contributed by atoms with Crippen LogP contribution in [0, 0.1) is 26.2 Å². The number of amidine groups is 1. The van der Waals surface area contributed by atoms with Crippen molar-refractivity contribution in [1.29, 1.82) is 0 Å². The summed E-state index contributed by atoms with van der Waals surface area (Å²) >= 11 is 1.25. The van der Waals surface area contributed by atoms with Gasteiger partial charge in [0.05, 0.1) is 17.1 Å². The Morgan fingerprint density at radius 3 is 2.30 bits per heavy atom. The molecule has 4 aromatic rings. The molecule has 0 spiro atoms. The van der Waals surface area contributed by atoms with Crippen LogP contribution in [0.25, 0.3) is 17.1 Å². The van der Waals surface area contributed by atoms with Gasteiger partial charge in [0.15, 0.2) is 11.0 Å². The van der Waals surface area contributed by atoms with Crippen LogP contribution >= 0.6 is 11.8 Å². The number of urea groups is 1. The second-order valence-electron chi connectivity index (χ2n) is 11.9. The Hall–Kier alpha value is -4.65. The molecule has 1 fully saturated rings. The van der Waals surface area contributed by atoms with Crippen molar-refractivity contribution in [2.45, 2.75) is 47.4 Å². The average Bonchev–Trinajstić information content (AvgIpc) is 3.59. The van der Waals surface area contributed by atoms with Crippen LogP contribution in [0.15, 0.2) is 72.0 Å². The van der Waals surface area contributed by atoms with Crippen molar-refractivity contribution in [3.63, 3.8) is 0 Å². The second kappa shape index (κ2) is 13.0. The predicted octanol–water partition coefficient (Wildman–Crippen LogP) is 7.17. The van der Waals surface area contributed by atoms with E-state index in [1.54, 1.807) is 4.90 Å². The third-order valence-electron chi connectivity index (χ3n) is 7.26. The number of benzene rings is 3. The average molecular weight is 651 g/mol. The number of ether oxygens (including phenoxy) is 1. The molecule has 1 aliphatic heterocycles. The molecule has 0 radical (unpaired) electrons. The minimum atomic E-state index is -4.76. The van der Waals surface area contributed by atoms with Gasteiger partial charge in [-0.15, -0.1) is 18.3 Å². The zero-order valence-corrected chi connectivity index (χ0v) is 26.8. The van der Waals surface area contributed by atoms with Crippen molar-refractivity contribution in [3.8, 4) is 22.8 Å². The minimum Gasteiger partial charge on any atom is -0.406 e. The fourth-order valence-corrected chi connectivity index (χ4v) is 6.19. The van der Waals surface area contributed by atoms with E-state index >= 15 is 0 Å². The van der Waals surface area contributed by atoms with Crippen LogP contribution in [0.1, 0.15) is 36.1 Å². The number of hydrogen-bond donors (Lipinski definition) is 1. The summed E-state index contributed by atoms with van der Waals surface area (Å²) in [6, 6.07) is 16.6. The number of halogens is 3. The standard InChI is InChI=1S/C33H33F3N6O3S/c1-20-14-21(2)28(22(3)15-20)42-27(43)17-46-31(42)39-30(44)37-18-32(4,5)16-23-6-8-24(9-7-23)29-38-19-41(40-29)25-10-12-26(13-11-25)45-33(34,35)36/h6-15,19H,16-18H2,1-5H3,(H,37,44). The highest BCUT2D eigenvalue weighted by molar-refractivity contribution is 8.15. The first-order chi connectivity index (χ1) is 21.7. The Balaban J connectivity index is 1.19. The highest BCUT2D eigenvalue weighted by atomic mass is 32.2. The molecule has 1 saturated heterocycles. The zero-order valence-electron chi connectivity index (χ0n) is 26.0. The number of aromatic nitrogens is 3. The van der Waals surface area contributed by atoms with Gasteiger partial charge < -0.3 is 10.1 Å². The summed E-state index contributed by atoms with van der Waals surface area (Å²) in [5, 5.41) is 7.72. The summed E-state index contributed by atoms with van der Waals surface area (Å²) in [5.74, 6) is 0.263. The van der Waals surface area contributed by atoms with E-state index in [4.69, 9.17) is 0 Å². The molecule has 5 rings (SSSR count). The van der Waals surface area contributed by atoms with E-state index in [9.17, 15) is 22.8 Å². The minimum absolute atomic E-state index is 0.106. The number of thioether (sulfide) groups is 1. The number of alkyl halides is 3. The van der Waals surface area contributed by atoms with E-state index < -0.39 is 12.4 Å². The third-order valence-corrected chi connectivity index (χ3v) is 8.18. The molecular weight excluding hydrogens is 617 g/mol. The molecule has 1 aromatic heterocycles. The molecule has 46 heavy (non-hydrogen) atoms. The van der Waals surface area contributed by atoms with Crippen molar-refractivity contribution in [1.82, 2.24) is 20.1 Å². The summed E-state index contributed by atoms with van der Waals surface area (Å²) in [7, 11) is 0. The van der Waals surface area contributed by atoms with E-state index in [1.807, 2.05) is 71.0 Å². The largest absolute Gasteiger partial charge is 0.573 e. The van der Waals surface area contributed by atoms with Crippen molar-refractivity contribution in [2.24, 2.45) is 10.4 Å². The molecule has 9 nitrogen and oxygen atoms in total. The maximum atomic E-state index is 12.9. The number of aryl methyl sites for hydroxylation is 3. The van der Waals surface area contributed by atoms with Crippen molar-refractivity contribution in [3.05, 3.63) is 89.2 Å². The van der Waals surface area contributed by atoms with E-state index in [-0.39, 0.29) is 22.8 Å². The number of aliphatic imine (C=N–C) groups is 1. The van der Waals surface area contributed by atoms with Crippen molar-refractivity contribution < 1.29 is 27.5 Å². The quantitative estimate of drug-likeness (QED) is 0.217. The van der Waals surface area contributed by atoms with Crippen molar-refractivity contribution in [2.75, 3.05) is 17.2 Å². The van der Waals surface area contributed by atoms with E-state index in [2.05, 4.69) is 25.1 Å². The monoisotopic (exact) mass is 650 g/mol. The van der Waals surface area contributed by atoms with E-state index in [0.29, 0.717) is 29.6 Å². The number of anilines is 1. The normalized spacial score (nSPS) is 14.7. The van der Waals surface area contributed by atoms with Crippen LogP contribution < -0.4 is 15.0 Å². The summed E-state index contributed by atoms with van der Waals surface area (Å²) in [4.78, 5) is 35.8. The molecule has 0 bridgehead atoms. The van der Waals surface area contributed by atoms with E-state index in [1.165, 1.54) is 47.0 Å². The molecule has 13 heteroatoms. The van der Waals surface area contributed by atoms with Crippen molar-refractivity contribution >= 4 is 34.6 Å². The Bertz CT molecular complexity index is 1760. The number of nitrogens with zero attached hydrogens (tertiary/aromatic N) is 5. The maximum Gasteiger partial charge on any atom is 0.573 e. The first-order valence-electron chi connectivity index (χ1n) is 14.4. The Labute approximate surface area is 268 Å². The van der Waals surface area contributed by atoms with Crippen LogP contribution in [-0.4, -0.2) is 50.5 Å². The van der Waals surface area contributed by atoms with Gasteiger partial charge in [0, 0.05) is 12.1 Å². The van der Waals surface area contributed by atoms with Gasteiger partial charge in [-0.3, -0.25) is 9.69 Å². The van der Waals surface area contributed by atoms with Crippen LogP contribution in [0.2, 0.25) is 0 Å². The molecule has 1 N–H and O–H groups in total. The lowest BCUT2D eigenvalue weighted by atomic mass is 9.85. The predicted molar refractivity (Wildman–Crippen MR) is 172 cm³/mol. The molecule has 3 aromatic carbocycles. The first-order valence-corrected chi connectivity index (χ1v) is 15.4. The Morgan fingerprint density at radius 2 is 1.67 bits per heavy atom. The lowest BCUT2D eigenvalue weighted by Gasteiger charge is -2.25. The lowest BCUT2D eigenvalue weighted by Crippen LogP contribution is -2.36. The molecule has 240 valence electrons. The first kappa shape index (κ1) is 32.7. The second-order valence-corrected chi connectivity index (χ2v) is 12.9. The lowest BCUT2D eigenvalue weighted by molar-refractivity contribution is -0.274. The van der Waals surface area contributed by atoms with Gasteiger partial charge in [-0.2, -0.15) is 4.99 Å². The topological polar surface area (TPSA) is 102 Å². The number of rotatable bonds is 8. The van der Waals surface area contributed by atoms with Crippen LogP contribution in [0.4, 0.5) is 23.7 Å². The fraction of sp³-hybridized carbons (Fsp3) is 0.303. The molecule has 2 heterocycles. The van der Waals surface area contributed by atoms with Gasteiger partial charge in [-0.1, -0.05) is 67.6 Å².